The first kappa shape index (κ1) is 20.7. The third kappa shape index (κ3) is 4.32. The van der Waals surface area contributed by atoms with Crippen molar-refractivity contribution in [3.05, 3.63) is 58.8 Å². The monoisotopic (exact) mass is 428 g/mol. The fourth-order valence-electron chi connectivity index (χ4n) is 3.58. The maximum Gasteiger partial charge on any atom is 0.244 e. The van der Waals surface area contributed by atoms with Crippen molar-refractivity contribution in [3.63, 3.8) is 0 Å². The molecule has 1 aromatic carbocycles. The molecule has 0 saturated heterocycles. The van der Waals surface area contributed by atoms with Gasteiger partial charge in [0.15, 0.2) is 23.2 Å². The number of anilines is 2. The minimum absolute atomic E-state index is 0.0847. The van der Waals surface area contributed by atoms with E-state index in [2.05, 4.69) is 20.4 Å². The number of hydrogen-bond acceptors (Lipinski definition) is 6. The van der Waals surface area contributed by atoms with Crippen LogP contribution in [0.2, 0.25) is 0 Å². The van der Waals surface area contributed by atoms with Crippen LogP contribution in [0.5, 0.6) is 5.75 Å². The van der Waals surface area contributed by atoms with E-state index in [0.29, 0.717) is 35.7 Å². The van der Waals surface area contributed by atoms with Crippen LogP contribution >= 0.6 is 0 Å². The highest BCUT2D eigenvalue weighted by Gasteiger charge is 2.23. The second kappa shape index (κ2) is 8.29. The molecule has 1 aliphatic rings. The number of ether oxygens (including phenoxy) is 1. The van der Waals surface area contributed by atoms with Gasteiger partial charge >= 0.3 is 0 Å². The van der Waals surface area contributed by atoms with Crippen LogP contribution in [0.4, 0.5) is 20.3 Å². The Bertz CT molecular complexity index is 1120. The Labute approximate surface area is 177 Å². The van der Waals surface area contributed by atoms with Crippen LogP contribution in [-0.2, 0) is 24.2 Å². The minimum atomic E-state index is -0.744. The molecule has 3 aromatic rings. The van der Waals surface area contributed by atoms with Crippen molar-refractivity contribution in [2.45, 2.75) is 26.3 Å². The molecule has 31 heavy (non-hydrogen) atoms. The topological polar surface area (TPSA) is 85.2 Å². The van der Waals surface area contributed by atoms with Gasteiger partial charge in [0.1, 0.15) is 11.5 Å². The lowest BCUT2D eigenvalue weighted by molar-refractivity contribution is -0.115. The van der Waals surface area contributed by atoms with Gasteiger partial charge in [0, 0.05) is 19.7 Å². The lowest BCUT2D eigenvalue weighted by atomic mass is 10.1. The summed E-state index contributed by atoms with van der Waals surface area (Å²) >= 11 is 0. The molecule has 1 N–H and O–H groups in total. The van der Waals surface area contributed by atoms with Crippen molar-refractivity contribution in [1.29, 1.82) is 0 Å². The number of nitrogens with one attached hydrogen (secondary N) is 1. The highest BCUT2D eigenvalue weighted by atomic mass is 19.1. The molecule has 0 fully saturated rings. The van der Waals surface area contributed by atoms with Crippen LogP contribution < -0.4 is 15.0 Å². The second-order valence-corrected chi connectivity index (χ2v) is 7.47. The Morgan fingerprint density at radius 3 is 2.61 bits per heavy atom. The summed E-state index contributed by atoms with van der Waals surface area (Å²) in [5.74, 6) is -0.585. The summed E-state index contributed by atoms with van der Waals surface area (Å²) in [4.78, 5) is 22.6. The molecule has 0 unspecified atom stereocenters. The van der Waals surface area contributed by atoms with Crippen molar-refractivity contribution in [1.82, 2.24) is 19.7 Å². The molecule has 0 atom stereocenters. The van der Waals surface area contributed by atoms with Crippen molar-refractivity contribution in [3.8, 4) is 5.75 Å². The number of likely N-dealkylation sites (N-methyl/N-ethyl adjacent to an activating group) is 1. The molecule has 0 saturated carbocycles. The summed E-state index contributed by atoms with van der Waals surface area (Å²) in [5, 5.41) is 7.10. The maximum atomic E-state index is 13.9. The molecule has 10 heteroatoms. The Morgan fingerprint density at radius 2 is 1.90 bits per heavy atom. The molecule has 0 spiro atoms. The summed E-state index contributed by atoms with van der Waals surface area (Å²) < 4.78 is 34.1. The Balaban J connectivity index is 1.44. The van der Waals surface area contributed by atoms with Gasteiger partial charge in [0.2, 0.25) is 5.91 Å². The number of amides is 1. The van der Waals surface area contributed by atoms with Crippen molar-refractivity contribution in [2.24, 2.45) is 0 Å². The first-order chi connectivity index (χ1) is 14.8. The summed E-state index contributed by atoms with van der Waals surface area (Å²) in [6.45, 7) is 2.33. The smallest absolute Gasteiger partial charge is 0.244 e. The average Bonchev–Trinajstić information content (AvgIpc) is 3.14. The lowest BCUT2D eigenvalue weighted by Crippen LogP contribution is -2.37. The van der Waals surface area contributed by atoms with Gasteiger partial charge in [-0.15, -0.1) is 0 Å². The fourth-order valence-corrected chi connectivity index (χ4v) is 3.58. The molecule has 4 rings (SSSR count). The normalized spacial score (nSPS) is 13.2. The van der Waals surface area contributed by atoms with E-state index in [1.165, 1.54) is 19.2 Å². The first-order valence-electron chi connectivity index (χ1n) is 9.75. The van der Waals surface area contributed by atoms with Crippen LogP contribution in [0.15, 0.2) is 24.5 Å². The van der Waals surface area contributed by atoms with E-state index in [1.54, 1.807) is 15.8 Å². The fraction of sp³-hybridized carbons (Fsp3) is 0.333. The van der Waals surface area contributed by atoms with Gasteiger partial charge in [0.25, 0.3) is 0 Å². The van der Waals surface area contributed by atoms with Gasteiger partial charge in [0.05, 0.1) is 32.1 Å². The Kier molecular flexibility index (Phi) is 5.53. The molecule has 8 nitrogen and oxygen atoms in total. The first-order valence-corrected chi connectivity index (χ1v) is 9.75. The summed E-state index contributed by atoms with van der Waals surface area (Å²) in [6.07, 6.45) is 4.79. The van der Waals surface area contributed by atoms with E-state index >= 15 is 0 Å². The molecule has 2 aromatic heterocycles. The summed E-state index contributed by atoms with van der Waals surface area (Å²) in [5.41, 5.74) is 2.77. The number of rotatable bonds is 6. The van der Waals surface area contributed by atoms with Crippen LogP contribution in [0, 0.1) is 18.6 Å². The van der Waals surface area contributed by atoms with Crippen molar-refractivity contribution >= 4 is 17.4 Å². The number of aromatic nitrogens is 4. The molecule has 1 aliphatic heterocycles. The highest BCUT2D eigenvalue weighted by molar-refractivity contribution is 6.00. The van der Waals surface area contributed by atoms with Gasteiger partial charge in [-0.25, -0.2) is 18.7 Å². The minimum Gasteiger partial charge on any atom is -0.491 e. The molecular weight excluding hydrogens is 406 g/mol. The van der Waals surface area contributed by atoms with E-state index in [1.807, 2.05) is 20.2 Å². The predicted molar refractivity (Wildman–Crippen MR) is 110 cm³/mol. The van der Waals surface area contributed by atoms with E-state index in [-0.39, 0.29) is 19.0 Å². The average molecular weight is 428 g/mol. The number of halogens is 2. The van der Waals surface area contributed by atoms with E-state index < -0.39 is 17.4 Å². The van der Waals surface area contributed by atoms with Crippen LogP contribution in [-0.4, -0.2) is 46.4 Å². The zero-order chi connectivity index (χ0) is 22.1. The largest absolute Gasteiger partial charge is 0.491 e. The van der Waals surface area contributed by atoms with Crippen LogP contribution in [0.1, 0.15) is 22.6 Å². The zero-order valence-corrected chi connectivity index (χ0v) is 17.4. The summed E-state index contributed by atoms with van der Waals surface area (Å²) in [7, 11) is 3.05. The lowest BCUT2D eigenvalue weighted by Gasteiger charge is -2.27. The molecule has 3 heterocycles. The Morgan fingerprint density at radius 1 is 1.16 bits per heavy atom. The zero-order valence-electron chi connectivity index (χ0n) is 17.4. The molecule has 0 bridgehead atoms. The van der Waals surface area contributed by atoms with E-state index in [0.717, 1.165) is 11.3 Å². The third-order valence-corrected chi connectivity index (χ3v) is 5.05. The number of nitrogens with zero attached hydrogens (tertiary/aromatic N) is 5. The van der Waals surface area contributed by atoms with Gasteiger partial charge in [-0.1, -0.05) is 0 Å². The number of fused-ring (bicyclic) bond motifs is 1. The van der Waals surface area contributed by atoms with Crippen LogP contribution in [0.3, 0.4) is 0 Å². The van der Waals surface area contributed by atoms with Gasteiger partial charge < -0.3 is 15.0 Å². The molecule has 0 aliphatic carbocycles. The molecule has 1 amide bonds. The highest BCUT2D eigenvalue weighted by Crippen LogP contribution is 2.29. The molecule has 0 radical (unpaired) electrons. The van der Waals surface area contributed by atoms with Gasteiger partial charge in [-0.2, -0.15) is 5.10 Å². The van der Waals surface area contributed by atoms with Crippen molar-refractivity contribution in [2.75, 3.05) is 30.9 Å². The van der Waals surface area contributed by atoms with Gasteiger partial charge in [-0.05, 0) is 36.6 Å². The maximum absolute atomic E-state index is 13.9. The standard InChI is InChI=1S/C21H22F2N6O2/c1-12-19-21(28(2)11-18(30)27-19)26-17(25-12)5-4-13-8-24-29(9-13)10-14-6-15(22)20(31-3)16(23)7-14/h6-9H,4-5,10-11H2,1-3H3,(H,27,30). The van der Waals surface area contributed by atoms with E-state index in [4.69, 9.17) is 4.74 Å². The van der Waals surface area contributed by atoms with Crippen LogP contribution in [0.25, 0.3) is 0 Å². The number of carbonyl (C=O) groups is 1. The number of carbonyl (C=O) groups excluding carboxylic acids is 1. The summed E-state index contributed by atoms with van der Waals surface area (Å²) in [6, 6.07) is 2.48. The number of hydrogen-bond donors (Lipinski definition) is 1. The third-order valence-electron chi connectivity index (χ3n) is 5.05. The number of aryl methyl sites for hydroxylation is 3. The van der Waals surface area contributed by atoms with Crippen molar-refractivity contribution < 1.29 is 18.3 Å². The quantitative estimate of drug-likeness (QED) is 0.649. The second-order valence-electron chi connectivity index (χ2n) is 7.47. The molecular formula is C21H22F2N6O2. The van der Waals surface area contributed by atoms with Gasteiger partial charge in [-0.3, -0.25) is 9.48 Å². The molecule has 162 valence electrons. The Hall–Kier alpha value is -3.56. The SMILES string of the molecule is COc1c(F)cc(Cn2cc(CCc3nc(C)c4c(n3)N(C)CC(=O)N4)cn2)cc1F. The number of benzene rings is 1. The predicted octanol–water partition coefficient (Wildman–Crippen LogP) is 2.49. The number of methoxy groups -OCH3 is 1. The van der Waals surface area contributed by atoms with E-state index in [9.17, 15) is 13.6 Å².